The molecule has 2 aliphatic heterocycles. The Morgan fingerprint density at radius 3 is 1.14 bits per heavy atom. The molecule has 1 aromatic rings. The predicted molar refractivity (Wildman–Crippen MR) is 281 cm³/mol. The van der Waals surface area contributed by atoms with Crippen molar-refractivity contribution in [3.05, 3.63) is 29.3 Å². The first-order chi connectivity index (χ1) is 36.5. The van der Waals surface area contributed by atoms with E-state index in [9.17, 15) is 19.2 Å². The lowest BCUT2D eigenvalue weighted by Gasteiger charge is -2.27. The summed E-state index contributed by atoms with van der Waals surface area (Å²) in [7, 11) is 0. The predicted octanol–water partition coefficient (Wildman–Crippen LogP) is 6.96. The highest BCUT2D eigenvalue weighted by atomic mass is 16.6. The minimum Gasteiger partial charge on any atom is -0.382 e. The molecule has 0 saturated carbocycles. The van der Waals surface area contributed by atoms with Crippen molar-refractivity contribution in [2.75, 3.05) is 170 Å². The van der Waals surface area contributed by atoms with Crippen LogP contribution in [-0.4, -0.2) is 200 Å². The van der Waals surface area contributed by atoms with E-state index in [0.717, 1.165) is 17.9 Å². The minimum atomic E-state index is -1.01. The molecule has 0 radical (unpaired) electrons. The van der Waals surface area contributed by atoms with E-state index in [-0.39, 0.29) is 24.0 Å². The van der Waals surface area contributed by atoms with E-state index >= 15 is 0 Å². The van der Waals surface area contributed by atoms with Gasteiger partial charge in [0.2, 0.25) is 11.8 Å². The Morgan fingerprint density at radius 2 is 0.770 bits per heavy atom. The Kier molecular flexibility index (Phi) is 41.4. The number of unbranched alkanes of at least 4 members (excludes halogenated alkanes) is 15. The lowest BCUT2D eigenvalue weighted by Crippen LogP contribution is -2.54. The summed E-state index contributed by atoms with van der Waals surface area (Å²) in [4.78, 5) is 51.0. The third kappa shape index (κ3) is 32.4. The number of fused-ring (bicyclic) bond motifs is 1. The van der Waals surface area contributed by atoms with Crippen LogP contribution < -0.4 is 10.6 Å². The van der Waals surface area contributed by atoms with Gasteiger partial charge in [-0.05, 0) is 25.0 Å². The molecule has 4 amide bonds. The van der Waals surface area contributed by atoms with Gasteiger partial charge in [-0.25, -0.2) is 0 Å². The number of piperidine rings is 1. The molecule has 1 fully saturated rings. The molecule has 74 heavy (non-hydrogen) atoms. The molecule has 1 unspecified atom stereocenters. The van der Waals surface area contributed by atoms with Gasteiger partial charge in [-0.3, -0.25) is 29.4 Å². The number of benzene rings is 1. The topological polar surface area (TPSA) is 206 Å². The Hall–Kier alpha value is -3.18. The van der Waals surface area contributed by atoms with E-state index < -0.39 is 29.7 Å². The fourth-order valence-corrected chi connectivity index (χ4v) is 8.19. The average molecular weight is 1050 g/mol. The molecule has 426 valence electrons. The minimum absolute atomic E-state index is 0.0649. The van der Waals surface area contributed by atoms with Crippen LogP contribution in [0, 0.1) is 0 Å². The number of ether oxygens (including phenoxy) is 12. The number of imide groups is 2. The highest BCUT2D eigenvalue weighted by Crippen LogP contribution is 2.32. The first kappa shape index (κ1) is 65.1. The van der Waals surface area contributed by atoms with Crippen LogP contribution in [0.25, 0.3) is 0 Å². The lowest BCUT2D eigenvalue weighted by molar-refractivity contribution is -0.136. The van der Waals surface area contributed by atoms with Crippen molar-refractivity contribution in [3.8, 4) is 0 Å². The van der Waals surface area contributed by atoms with Crippen molar-refractivity contribution < 1.29 is 76.0 Å². The quantitative estimate of drug-likeness (QED) is 0.0500. The zero-order valence-electron chi connectivity index (χ0n) is 45.2. The van der Waals surface area contributed by atoms with Gasteiger partial charge in [-0.2, -0.15) is 0 Å². The third-order valence-electron chi connectivity index (χ3n) is 12.3. The summed E-state index contributed by atoms with van der Waals surface area (Å²) in [5.41, 5.74) is 0.909. The van der Waals surface area contributed by atoms with Crippen LogP contribution in [0.15, 0.2) is 18.2 Å². The Balaban J connectivity index is 0.912. The van der Waals surface area contributed by atoms with E-state index in [0.29, 0.717) is 164 Å². The van der Waals surface area contributed by atoms with Gasteiger partial charge in [0.1, 0.15) is 6.04 Å². The summed E-state index contributed by atoms with van der Waals surface area (Å²) in [5.74, 6) is -2.17. The van der Waals surface area contributed by atoms with Crippen molar-refractivity contribution in [3.63, 3.8) is 0 Å². The molecule has 19 heteroatoms. The summed E-state index contributed by atoms with van der Waals surface area (Å²) < 4.78 is 66.7. The molecule has 0 aromatic heterocycles. The second-order valence-electron chi connectivity index (χ2n) is 18.3. The van der Waals surface area contributed by atoms with Crippen LogP contribution in [0.1, 0.15) is 143 Å². The molecular formula is C55H95N3O16. The number of hydrogen-bond donors (Lipinski definition) is 2. The Labute approximate surface area is 442 Å². The van der Waals surface area contributed by atoms with E-state index in [1.165, 1.54) is 96.3 Å². The molecule has 1 aromatic carbocycles. The number of carbonyl (C=O) groups is 4. The molecule has 1 saturated heterocycles. The number of nitrogens with zero attached hydrogens (tertiary/aromatic N) is 1. The molecule has 1 atom stereocenters. The van der Waals surface area contributed by atoms with Gasteiger partial charge in [-0.15, -0.1) is 0 Å². The molecule has 19 nitrogen and oxygen atoms in total. The van der Waals surface area contributed by atoms with E-state index in [2.05, 4.69) is 17.6 Å². The van der Waals surface area contributed by atoms with Crippen molar-refractivity contribution in [1.82, 2.24) is 10.2 Å². The van der Waals surface area contributed by atoms with Gasteiger partial charge < -0.3 is 62.2 Å². The molecule has 2 heterocycles. The van der Waals surface area contributed by atoms with Crippen LogP contribution in [0.5, 0.6) is 0 Å². The first-order valence-electron chi connectivity index (χ1n) is 28.1. The van der Waals surface area contributed by atoms with Crippen LogP contribution in [-0.2, 0) is 66.4 Å². The van der Waals surface area contributed by atoms with Crippen LogP contribution in [0.4, 0.5) is 5.69 Å². The zero-order valence-corrected chi connectivity index (χ0v) is 45.2. The van der Waals surface area contributed by atoms with E-state index in [1.54, 1.807) is 18.2 Å². The summed E-state index contributed by atoms with van der Waals surface area (Å²) in [5, 5.41) is 5.34. The van der Waals surface area contributed by atoms with Gasteiger partial charge >= 0.3 is 0 Å². The van der Waals surface area contributed by atoms with Crippen molar-refractivity contribution in [1.29, 1.82) is 0 Å². The molecule has 0 spiro atoms. The van der Waals surface area contributed by atoms with Gasteiger partial charge in [0.25, 0.3) is 11.8 Å². The molecule has 0 bridgehead atoms. The number of carbonyl (C=O) groups excluding carboxylic acids is 4. The van der Waals surface area contributed by atoms with Crippen molar-refractivity contribution in [2.45, 2.75) is 129 Å². The van der Waals surface area contributed by atoms with Crippen LogP contribution in [0.3, 0.4) is 0 Å². The largest absolute Gasteiger partial charge is 0.382 e. The van der Waals surface area contributed by atoms with Crippen molar-refractivity contribution >= 4 is 29.3 Å². The summed E-state index contributed by atoms with van der Waals surface area (Å²) in [6, 6.07) is 3.91. The summed E-state index contributed by atoms with van der Waals surface area (Å²) in [6.07, 6.45) is 22.2. The van der Waals surface area contributed by atoms with Gasteiger partial charge in [0.15, 0.2) is 0 Å². The van der Waals surface area contributed by atoms with Gasteiger partial charge in [0, 0.05) is 25.3 Å². The Bertz CT molecular complexity index is 1560. The second-order valence-corrected chi connectivity index (χ2v) is 18.3. The molecular weight excluding hydrogens is 959 g/mol. The third-order valence-corrected chi connectivity index (χ3v) is 12.3. The monoisotopic (exact) mass is 1050 g/mol. The number of nitrogens with one attached hydrogen (secondary N) is 2. The molecule has 3 rings (SSSR count). The maximum atomic E-state index is 13.2. The smallest absolute Gasteiger partial charge is 0.264 e. The fourth-order valence-electron chi connectivity index (χ4n) is 8.19. The Morgan fingerprint density at radius 1 is 0.432 bits per heavy atom. The molecule has 0 aliphatic carbocycles. The van der Waals surface area contributed by atoms with Crippen molar-refractivity contribution in [2.24, 2.45) is 0 Å². The SMILES string of the molecule is CCCCCCCCCCCCCCCCCCOCCOCCOCCOCCOCCOCCOCCOCCOCCOCCOCCOCCNc1cccc2c1C(=O)N(C1CCC(=O)NC1=O)C2=O. The standard InChI is InChI=1S/C55H95N3O16/c1-2-3-4-5-6-7-8-9-10-11-12-13-14-15-16-17-24-63-26-28-65-30-32-67-34-36-69-38-40-71-42-44-73-46-47-74-45-43-72-41-39-70-37-35-68-33-31-66-29-27-64-25-23-56-49-20-18-19-48-52(49)55(62)58(54(48)61)50-21-22-51(59)57-53(50)60/h18-20,50,56H,2-17,21-47H2,1H3,(H,57,59,60). The molecule has 2 N–H and O–H groups in total. The van der Waals surface area contributed by atoms with Gasteiger partial charge in [-0.1, -0.05) is 109 Å². The van der Waals surface area contributed by atoms with E-state index in [4.69, 9.17) is 56.8 Å². The maximum Gasteiger partial charge on any atom is 0.264 e. The number of hydrogen-bond acceptors (Lipinski definition) is 17. The first-order valence-corrected chi connectivity index (χ1v) is 28.1. The average Bonchev–Trinajstić information content (AvgIpc) is 3.66. The summed E-state index contributed by atoms with van der Waals surface area (Å²) >= 11 is 0. The van der Waals surface area contributed by atoms with Crippen LogP contribution in [0.2, 0.25) is 0 Å². The number of amides is 4. The number of rotatable bonds is 55. The normalized spacial score (nSPS) is 14.7. The van der Waals surface area contributed by atoms with E-state index in [1.807, 2.05) is 0 Å². The van der Waals surface area contributed by atoms with Gasteiger partial charge in [0.05, 0.1) is 163 Å². The highest BCUT2D eigenvalue weighted by molar-refractivity contribution is 6.25. The zero-order chi connectivity index (χ0) is 52.6. The highest BCUT2D eigenvalue weighted by Gasteiger charge is 2.45. The lowest BCUT2D eigenvalue weighted by atomic mass is 10.0. The summed E-state index contributed by atoms with van der Waals surface area (Å²) in [6.45, 7) is 14.5. The molecule has 2 aliphatic rings. The maximum absolute atomic E-state index is 13.2. The number of anilines is 1. The van der Waals surface area contributed by atoms with Crippen LogP contribution >= 0.6 is 0 Å². The fraction of sp³-hybridized carbons (Fsp3) is 0.818. The second kappa shape index (κ2) is 47.1.